The molecule has 186 valence electrons. The van der Waals surface area contributed by atoms with Crippen LogP contribution in [0.25, 0.3) is 0 Å². The monoisotopic (exact) mass is 523 g/mol. The van der Waals surface area contributed by atoms with Crippen LogP contribution >= 0.6 is 11.3 Å². The van der Waals surface area contributed by atoms with Gasteiger partial charge in [-0.05, 0) is 30.3 Å². The van der Waals surface area contributed by atoms with Crippen LogP contribution in [0.2, 0.25) is 0 Å². The summed E-state index contributed by atoms with van der Waals surface area (Å²) in [4.78, 5) is 28.3. The van der Waals surface area contributed by atoms with E-state index in [-0.39, 0.29) is 46.1 Å². The molecule has 35 heavy (non-hydrogen) atoms. The van der Waals surface area contributed by atoms with Crippen LogP contribution in [-0.4, -0.2) is 46.5 Å². The Balaban J connectivity index is 1.87. The summed E-state index contributed by atoms with van der Waals surface area (Å²) in [5, 5.41) is 9.44. The number of nitrogens with one attached hydrogen (secondary N) is 3. The van der Waals surface area contributed by atoms with Gasteiger partial charge in [-0.15, -0.1) is 11.3 Å². The standard InChI is InChI=1S/C21H22FN5O6S2/c1-23-18(28)9-12-11-34-21(24-12)26-20(29)25-15-10-13(27(2)35(30)31)7-8-16(15)33-19-14(22)5-4-6-17(19)32-3/h4-8,10-11,35H,9H2,1-3H3,(H,23,28)(H2,24,25,26,29). The number of thiazole rings is 1. The summed E-state index contributed by atoms with van der Waals surface area (Å²) in [7, 11) is 1.24. The van der Waals surface area contributed by atoms with E-state index in [0.717, 1.165) is 15.6 Å². The number of ether oxygens (including phenoxy) is 2. The Morgan fingerprint density at radius 1 is 1.17 bits per heavy atom. The van der Waals surface area contributed by atoms with Crippen LogP contribution in [0.5, 0.6) is 17.2 Å². The molecule has 1 heterocycles. The van der Waals surface area contributed by atoms with Crippen LogP contribution in [0.3, 0.4) is 0 Å². The number of halogens is 1. The number of nitrogens with zero attached hydrogens (tertiary/aromatic N) is 2. The second-order valence-electron chi connectivity index (χ2n) is 6.89. The van der Waals surface area contributed by atoms with Gasteiger partial charge >= 0.3 is 6.03 Å². The number of anilines is 3. The van der Waals surface area contributed by atoms with Gasteiger partial charge in [0.25, 0.3) is 0 Å². The molecule has 1 aromatic heterocycles. The summed E-state index contributed by atoms with van der Waals surface area (Å²) in [6, 6.07) is 7.58. The zero-order valence-electron chi connectivity index (χ0n) is 18.8. The van der Waals surface area contributed by atoms with Crippen molar-refractivity contribution in [1.82, 2.24) is 10.3 Å². The van der Waals surface area contributed by atoms with Crippen LogP contribution in [0.4, 0.5) is 25.7 Å². The van der Waals surface area contributed by atoms with Gasteiger partial charge < -0.3 is 20.1 Å². The number of methoxy groups -OCH3 is 1. The number of urea groups is 1. The average Bonchev–Trinajstić information content (AvgIpc) is 3.26. The maximum Gasteiger partial charge on any atom is 0.325 e. The summed E-state index contributed by atoms with van der Waals surface area (Å²) in [5.41, 5.74) is 0.755. The predicted molar refractivity (Wildman–Crippen MR) is 131 cm³/mol. The molecule has 11 nitrogen and oxygen atoms in total. The number of likely N-dealkylation sites (N-methyl/N-ethyl adjacent to an activating group) is 1. The molecule has 0 bridgehead atoms. The van der Waals surface area contributed by atoms with Crippen LogP contribution in [0.15, 0.2) is 41.8 Å². The van der Waals surface area contributed by atoms with Gasteiger partial charge in [0.05, 0.1) is 30.6 Å². The summed E-state index contributed by atoms with van der Waals surface area (Å²) >= 11 is 1.12. The number of rotatable bonds is 9. The van der Waals surface area contributed by atoms with Crippen molar-refractivity contribution in [3.63, 3.8) is 0 Å². The molecule has 0 unspecified atom stereocenters. The third kappa shape index (κ3) is 6.58. The first-order valence-corrected chi connectivity index (χ1v) is 12.0. The Morgan fingerprint density at radius 2 is 1.94 bits per heavy atom. The summed E-state index contributed by atoms with van der Waals surface area (Å²) in [6.45, 7) is 0. The lowest BCUT2D eigenvalue weighted by Gasteiger charge is -2.18. The molecule has 3 N–H and O–H groups in total. The van der Waals surface area contributed by atoms with Gasteiger partial charge in [0.2, 0.25) is 22.5 Å². The molecule has 0 atom stereocenters. The number of benzene rings is 2. The van der Waals surface area contributed by atoms with E-state index in [2.05, 4.69) is 20.9 Å². The van der Waals surface area contributed by atoms with Crippen molar-refractivity contribution < 1.29 is 31.9 Å². The Labute approximate surface area is 206 Å². The molecule has 0 spiro atoms. The average molecular weight is 524 g/mol. The molecular weight excluding hydrogens is 501 g/mol. The minimum atomic E-state index is -2.94. The maximum absolute atomic E-state index is 14.4. The molecule has 0 aliphatic carbocycles. The van der Waals surface area contributed by atoms with Crippen molar-refractivity contribution in [2.45, 2.75) is 6.42 Å². The summed E-state index contributed by atoms with van der Waals surface area (Å²) in [5.74, 6) is -0.991. The van der Waals surface area contributed by atoms with Crippen LogP contribution < -0.4 is 29.7 Å². The number of para-hydroxylation sites is 1. The SMILES string of the molecule is CNC(=O)Cc1csc(NC(=O)Nc2cc(N(C)[SH](=O)=O)ccc2Oc2c(F)cccc2OC)n1. The fourth-order valence-electron chi connectivity index (χ4n) is 2.81. The van der Waals surface area contributed by atoms with Gasteiger partial charge in [-0.2, -0.15) is 0 Å². The summed E-state index contributed by atoms with van der Waals surface area (Å²) in [6.07, 6.45) is 0.0561. The highest BCUT2D eigenvalue weighted by molar-refractivity contribution is 7.74. The molecule has 3 aromatic rings. The van der Waals surface area contributed by atoms with E-state index in [9.17, 15) is 22.4 Å². The van der Waals surface area contributed by atoms with E-state index in [1.54, 1.807) is 5.38 Å². The minimum absolute atomic E-state index is 0.0290. The minimum Gasteiger partial charge on any atom is -0.493 e. The fraction of sp³-hybridized carbons (Fsp3) is 0.190. The number of aromatic nitrogens is 1. The molecule has 14 heteroatoms. The molecule has 0 saturated heterocycles. The van der Waals surface area contributed by atoms with E-state index < -0.39 is 22.7 Å². The van der Waals surface area contributed by atoms with Crippen molar-refractivity contribution >= 4 is 50.7 Å². The van der Waals surface area contributed by atoms with Crippen LogP contribution in [0, 0.1) is 5.82 Å². The fourth-order valence-corrected chi connectivity index (χ4v) is 3.83. The zero-order valence-corrected chi connectivity index (χ0v) is 20.5. The number of amides is 3. The van der Waals surface area contributed by atoms with E-state index in [4.69, 9.17) is 9.47 Å². The molecule has 0 aliphatic heterocycles. The highest BCUT2D eigenvalue weighted by Gasteiger charge is 2.18. The Hall–Kier alpha value is -3.91. The van der Waals surface area contributed by atoms with E-state index in [1.807, 2.05) is 0 Å². The lowest BCUT2D eigenvalue weighted by Crippen LogP contribution is -2.21. The molecule has 0 radical (unpaired) electrons. The number of carbonyl (C=O) groups is 2. The first kappa shape index (κ1) is 25.7. The quantitative estimate of drug-likeness (QED) is 0.316. The zero-order chi connectivity index (χ0) is 25.5. The molecule has 0 aliphatic rings. The van der Waals surface area contributed by atoms with Crippen molar-refractivity contribution in [2.24, 2.45) is 0 Å². The maximum atomic E-state index is 14.4. The number of carbonyl (C=O) groups excluding carboxylic acids is 2. The van der Waals surface area contributed by atoms with E-state index in [0.29, 0.717) is 5.69 Å². The normalized spacial score (nSPS) is 10.5. The second kappa shape index (κ2) is 11.5. The van der Waals surface area contributed by atoms with Gasteiger partial charge in [-0.25, -0.2) is 22.6 Å². The highest BCUT2D eigenvalue weighted by atomic mass is 32.2. The molecule has 0 saturated carbocycles. The first-order chi connectivity index (χ1) is 16.7. The van der Waals surface area contributed by atoms with Crippen molar-refractivity contribution in [3.05, 3.63) is 53.3 Å². The topological polar surface area (TPSA) is 139 Å². The number of hydrogen-bond donors (Lipinski definition) is 4. The lowest BCUT2D eigenvalue weighted by molar-refractivity contribution is -0.120. The van der Waals surface area contributed by atoms with Gasteiger partial charge in [0.15, 0.2) is 22.4 Å². The van der Waals surface area contributed by atoms with Gasteiger partial charge in [-0.1, -0.05) is 6.07 Å². The number of hydrogen-bond acceptors (Lipinski definition) is 8. The first-order valence-electron chi connectivity index (χ1n) is 9.97. The highest BCUT2D eigenvalue weighted by Crippen LogP contribution is 2.38. The Kier molecular flexibility index (Phi) is 8.43. The van der Waals surface area contributed by atoms with Gasteiger partial charge in [-0.3, -0.25) is 14.4 Å². The van der Waals surface area contributed by atoms with Gasteiger partial charge in [0, 0.05) is 19.5 Å². The van der Waals surface area contributed by atoms with Gasteiger partial charge in [0.1, 0.15) is 0 Å². The molecular formula is C21H22FN5O6S2. The third-order valence-corrected chi connectivity index (χ3v) is 6.11. The predicted octanol–water partition coefficient (Wildman–Crippen LogP) is 2.98. The molecule has 3 rings (SSSR count). The Bertz CT molecular complexity index is 1310. The van der Waals surface area contributed by atoms with E-state index in [1.165, 1.54) is 57.6 Å². The van der Waals surface area contributed by atoms with Crippen molar-refractivity contribution in [2.75, 3.05) is 36.1 Å². The molecule has 0 fully saturated rings. The summed E-state index contributed by atoms with van der Waals surface area (Å²) < 4.78 is 49.0. The number of thiol groups is 1. The van der Waals surface area contributed by atoms with Crippen LogP contribution in [-0.2, 0) is 22.1 Å². The second-order valence-corrected chi connectivity index (χ2v) is 8.82. The molecule has 2 aromatic carbocycles. The van der Waals surface area contributed by atoms with E-state index >= 15 is 0 Å². The molecule has 3 amide bonds. The lowest BCUT2D eigenvalue weighted by atomic mass is 10.2. The largest absolute Gasteiger partial charge is 0.493 e. The Morgan fingerprint density at radius 3 is 2.63 bits per heavy atom. The third-order valence-electron chi connectivity index (χ3n) is 4.59. The smallest absolute Gasteiger partial charge is 0.325 e. The van der Waals surface area contributed by atoms with Crippen molar-refractivity contribution in [1.29, 1.82) is 0 Å². The van der Waals surface area contributed by atoms with Crippen molar-refractivity contribution in [3.8, 4) is 17.2 Å². The van der Waals surface area contributed by atoms with Crippen LogP contribution in [0.1, 0.15) is 5.69 Å².